The molecule has 1 rings (SSSR count). The van der Waals surface area contributed by atoms with Gasteiger partial charge in [-0.05, 0) is 32.0 Å². The Balaban J connectivity index is 2.78. The van der Waals surface area contributed by atoms with Gasteiger partial charge in [0.05, 0.1) is 21.5 Å². The van der Waals surface area contributed by atoms with Crippen molar-refractivity contribution in [2.75, 3.05) is 12.3 Å². The molecule has 2 atom stereocenters. The zero-order valence-corrected chi connectivity index (χ0v) is 12.7. The molecule has 20 heavy (non-hydrogen) atoms. The summed E-state index contributed by atoms with van der Waals surface area (Å²) in [6.45, 7) is 3.58. The fraction of sp³-hybridized carbons (Fsp3) is 0.333. The first kappa shape index (κ1) is 16.5. The quantitative estimate of drug-likeness (QED) is 0.728. The van der Waals surface area contributed by atoms with E-state index in [9.17, 15) is 13.8 Å². The molecule has 0 aromatic heterocycles. The molecule has 4 N–H and O–H groups in total. The van der Waals surface area contributed by atoms with E-state index >= 15 is 0 Å². The van der Waals surface area contributed by atoms with Crippen LogP contribution in [0, 0.1) is 0 Å². The van der Waals surface area contributed by atoms with Crippen LogP contribution < -0.4 is 16.4 Å². The fourth-order valence-electron chi connectivity index (χ4n) is 1.35. The molecule has 0 aliphatic carbocycles. The van der Waals surface area contributed by atoms with Crippen molar-refractivity contribution < 1.29 is 13.8 Å². The number of hydrogen-bond donors (Lipinski definition) is 3. The number of nitrogens with two attached hydrogens (primary N) is 1. The predicted octanol–water partition coefficient (Wildman–Crippen LogP) is 1.26. The average molecular weight is 318 g/mol. The van der Waals surface area contributed by atoms with Gasteiger partial charge in [0.2, 0.25) is 5.91 Å². The molecule has 0 saturated heterocycles. The van der Waals surface area contributed by atoms with E-state index in [-0.39, 0.29) is 5.02 Å². The van der Waals surface area contributed by atoms with E-state index in [4.69, 9.17) is 17.3 Å². The minimum absolute atomic E-state index is 0.271. The maximum atomic E-state index is 12.2. The first-order valence-corrected chi connectivity index (χ1v) is 7.50. The Kier molecular flexibility index (Phi) is 5.97. The number of urea groups is 1. The van der Waals surface area contributed by atoms with Crippen molar-refractivity contribution >= 4 is 40.0 Å². The summed E-state index contributed by atoms with van der Waals surface area (Å²) in [5, 5.41) is 3.92. The van der Waals surface area contributed by atoms with Crippen LogP contribution in [0.25, 0.3) is 0 Å². The topological polar surface area (TPSA) is 101 Å². The van der Waals surface area contributed by atoms with E-state index in [1.54, 1.807) is 6.92 Å². The van der Waals surface area contributed by atoms with Crippen LogP contribution in [0.4, 0.5) is 10.5 Å². The molecule has 0 aliphatic rings. The van der Waals surface area contributed by atoms with Gasteiger partial charge in [-0.2, -0.15) is 0 Å². The van der Waals surface area contributed by atoms with Crippen molar-refractivity contribution in [1.29, 1.82) is 0 Å². The molecule has 0 aliphatic heterocycles. The SMILES string of the molecule is CCNC(=O)NC(=O)C(C)S(=O)c1ccc(N)c(Cl)c1. The first-order chi connectivity index (χ1) is 9.36. The summed E-state index contributed by atoms with van der Waals surface area (Å²) in [4.78, 5) is 23.4. The van der Waals surface area contributed by atoms with Gasteiger partial charge in [0.15, 0.2) is 0 Å². The van der Waals surface area contributed by atoms with Crippen LogP contribution in [0.15, 0.2) is 23.1 Å². The van der Waals surface area contributed by atoms with Crippen LogP contribution in [-0.4, -0.2) is 27.9 Å². The number of carbonyl (C=O) groups is 2. The van der Waals surface area contributed by atoms with E-state index in [1.807, 2.05) is 0 Å². The summed E-state index contributed by atoms with van der Waals surface area (Å²) >= 11 is 5.84. The zero-order chi connectivity index (χ0) is 15.3. The molecule has 0 heterocycles. The third-order valence-corrected chi connectivity index (χ3v) is 4.37. The van der Waals surface area contributed by atoms with Gasteiger partial charge in [0, 0.05) is 11.4 Å². The van der Waals surface area contributed by atoms with E-state index in [0.29, 0.717) is 17.1 Å². The highest BCUT2D eigenvalue weighted by Crippen LogP contribution is 2.22. The Bertz CT molecular complexity index is 551. The molecule has 1 aromatic carbocycles. The van der Waals surface area contributed by atoms with Gasteiger partial charge in [-0.25, -0.2) is 4.79 Å². The Morgan fingerprint density at radius 2 is 2.10 bits per heavy atom. The molecule has 6 nitrogen and oxygen atoms in total. The molecule has 0 bridgehead atoms. The lowest BCUT2D eigenvalue weighted by atomic mass is 10.3. The van der Waals surface area contributed by atoms with E-state index in [0.717, 1.165) is 0 Å². The number of nitrogen functional groups attached to an aromatic ring is 1. The lowest BCUT2D eigenvalue weighted by Crippen LogP contribution is -2.44. The smallest absolute Gasteiger partial charge is 0.321 e. The molecule has 3 amide bonds. The molecular formula is C12H16ClN3O3S. The second-order valence-electron chi connectivity index (χ2n) is 3.97. The third kappa shape index (κ3) is 4.21. The monoisotopic (exact) mass is 317 g/mol. The zero-order valence-electron chi connectivity index (χ0n) is 11.1. The number of imide groups is 1. The summed E-state index contributed by atoms with van der Waals surface area (Å²) in [7, 11) is -1.63. The van der Waals surface area contributed by atoms with Gasteiger partial charge < -0.3 is 11.1 Å². The van der Waals surface area contributed by atoms with Gasteiger partial charge in [0.25, 0.3) is 0 Å². The van der Waals surface area contributed by atoms with Crippen molar-refractivity contribution in [2.24, 2.45) is 0 Å². The van der Waals surface area contributed by atoms with Gasteiger partial charge in [-0.15, -0.1) is 0 Å². The molecule has 1 aromatic rings. The minimum Gasteiger partial charge on any atom is -0.398 e. The lowest BCUT2D eigenvalue weighted by Gasteiger charge is -2.12. The summed E-state index contributed by atoms with van der Waals surface area (Å²) in [5.74, 6) is -0.623. The van der Waals surface area contributed by atoms with Crippen molar-refractivity contribution in [3.8, 4) is 0 Å². The van der Waals surface area contributed by atoms with Gasteiger partial charge in [0.1, 0.15) is 5.25 Å². The van der Waals surface area contributed by atoms with E-state index in [2.05, 4.69) is 10.6 Å². The summed E-state index contributed by atoms with van der Waals surface area (Å²) in [6.07, 6.45) is 0. The van der Waals surface area contributed by atoms with Gasteiger partial charge >= 0.3 is 6.03 Å². The van der Waals surface area contributed by atoms with Crippen molar-refractivity contribution in [3.63, 3.8) is 0 Å². The molecule has 2 unspecified atom stereocenters. The number of anilines is 1. The fourth-order valence-corrected chi connectivity index (χ4v) is 2.70. The number of benzene rings is 1. The number of halogens is 1. The standard InChI is InChI=1S/C12H16ClN3O3S/c1-3-15-12(18)16-11(17)7(2)20(19)8-4-5-10(14)9(13)6-8/h4-7H,3,14H2,1-2H3,(H2,15,16,17,18). The molecule has 0 saturated carbocycles. The highest BCUT2D eigenvalue weighted by molar-refractivity contribution is 7.86. The Labute approximate surface area is 124 Å². The number of amides is 3. The Morgan fingerprint density at radius 1 is 1.45 bits per heavy atom. The predicted molar refractivity (Wildman–Crippen MR) is 79.0 cm³/mol. The number of nitrogens with one attached hydrogen (secondary N) is 2. The van der Waals surface area contributed by atoms with Crippen molar-refractivity contribution in [2.45, 2.75) is 24.0 Å². The molecule has 0 fully saturated rings. The van der Waals surface area contributed by atoms with Crippen LogP contribution in [0.2, 0.25) is 5.02 Å². The highest BCUT2D eigenvalue weighted by Gasteiger charge is 2.23. The lowest BCUT2D eigenvalue weighted by molar-refractivity contribution is -0.119. The summed E-state index contributed by atoms with van der Waals surface area (Å²) in [5.41, 5.74) is 5.93. The highest BCUT2D eigenvalue weighted by atomic mass is 35.5. The second-order valence-corrected chi connectivity index (χ2v) is 6.15. The number of carbonyl (C=O) groups excluding carboxylic acids is 2. The molecule has 8 heteroatoms. The third-order valence-electron chi connectivity index (χ3n) is 2.47. The normalized spacial score (nSPS) is 13.3. The van der Waals surface area contributed by atoms with Crippen LogP contribution in [0.1, 0.15) is 13.8 Å². The number of hydrogen-bond acceptors (Lipinski definition) is 4. The van der Waals surface area contributed by atoms with Crippen LogP contribution >= 0.6 is 11.6 Å². The maximum absolute atomic E-state index is 12.2. The van der Waals surface area contributed by atoms with Crippen molar-refractivity contribution in [1.82, 2.24) is 10.6 Å². The van der Waals surface area contributed by atoms with Crippen molar-refractivity contribution in [3.05, 3.63) is 23.2 Å². The molecule has 110 valence electrons. The minimum atomic E-state index is -1.63. The molecular weight excluding hydrogens is 302 g/mol. The summed E-state index contributed by atoms with van der Waals surface area (Å²) < 4.78 is 12.2. The maximum Gasteiger partial charge on any atom is 0.321 e. The number of rotatable bonds is 4. The Hall–Kier alpha value is -1.60. The van der Waals surface area contributed by atoms with Crippen LogP contribution in [0.5, 0.6) is 0 Å². The molecule has 0 radical (unpaired) electrons. The Morgan fingerprint density at radius 3 is 2.65 bits per heavy atom. The second kappa shape index (κ2) is 7.25. The molecule has 0 spiro atoms. The van der Waals surface area contributed by atoms with E-state index in [1.165, 1.54) is 25.1 Å². The first-order valence-electron chi connectivity index (χ1n) is 5.91. The van der Waals surface area contributed by atoms with Gasteiger partial charge in [-0.3, -0.25) is 14.3 Å². The van der Waals surface area contributed by atoms with Crippen LogP contribution in [-0.2, 0) is 15.6 Å². The van der Waals surface area contributed by atoms with Gasteiger partial charge in [-0.1, -0.05) is 11.6 Å². The summed E-state index contributed by atoms with van der Waals surface area (Å²) in [6, 6.07) is 3.89. The van der Waals surface area contributed by atoms with E-state index < -0.39 is 28.0 Å². The van der Waals surface area contributed by atoms with Crippen LogP contribution in [0.3, 0.4) is 0 Å². The average Bonchev–Trinajstić information content (AvgIpc) is 2.40. The largest absolute Gasteiger partial charge is 0.398 e.